The summed E-state index contributed by atoms with van der Waals surface area (Å²) >= 11 is 0. The molecule has 1 rings (SSSR count). The minimum absolute atomic E-state index is 0.236. The van der Waals surface area contributed by atoms with Crippen LogP contribution >= 0.6 is 0 Å². The van der Waals surface area contributed by atoms with Crippen LogP contribution in [0.4, 0.5) is 0 Å². The molecule has 1 radical (unpaired) electrons. The molecule has 3 heteroatoms. The van der Waals surface area contributed by atoms with E-state index in [4.69, 9.17) is 5.26 Å². The molecule has 1 aliphatic heterocycles. The van der Waals surface area contributed by atoms with Crippen molar-refractivity contribution in [2.45, 2.75) is 0 Å². The highest BCUT2D eigenvalue weighted by molar-refractivity contribution is 5.66. The summed E-state index contributed by atoms with van der Waals surface area (Å²) in [5.74, 6) is -0.236. The predicted octanol–water partition coefficient (Wildman–Crippen LogP) is 0.304. The summed E-state index contributed by atoms with van der Waals surface area (Å²) in [7, 11) is 0. The van der Waals surface area contributed by atoms with Gasteiger partial charge in [0.1, 0.15) is 5.92 Å². The maximum Gasteiger partial charge on any atom is 0.189 e. The van der Waals surface area contributed by atoms with E-state index in [0.717, 1.165) is 0 Å². The molecule has 0 saturated heterocycles. The zero-order valence-corrected chi connectivity index (χ0v) is 3.53. The molecule has 7 heavy (non-hydrogen) atoms. The number of nitrogens with zero attached hydrogens (tertiary/aromatic N) is 2. The van der Waals surface area contributed by atoms with Crippen LogP contribution in [0.25, 0.3) is 0 Å². The van der Waals surface area contributed by atoms with Gasteiger partial charge in [0.2, 0.25) is 0 Å². The van der Waals surface area contributed by atoms with Crippen molar-refractivity contribution in [1.29, 1.82) is 5.26 Å². The Morgan fingerprint density at radius 2 is 2.71 bits per heavy atom. The second-order valence-electron chi connectivity index (χ2n) is 1.15. The molecule has 35 valence electrons. The van der Waals surface area contributed by atoms with Gasteiger partial charge in [0, 0.05) is 0 Å². The Morgan fingerprint density at radius 1 is 1.86 bits per heavy atom. The molecule has 0 fully saturated rings. The van der Waals surface area contributed by atoms with Gasteiger partial charge in [-0.25, -0.2) is 0 Å². The monoisotopic (exact) mass is 95.0 g/mol. The standard InChI is InChI=1S/C4H3N2O/c5-1-4-2-6-7-3-4/h2-4H. The van der Waals surface area contributed by atoms with Gasteiger partial charge < -0.3 is 4.84 Å². The summed E-state index contributed by atoms with van der Waals surface area (Å²) < 4.78 is 0. The first-order valence-corrected chi connectivity index (χ1v) is 1.86. The SMILES string of the molecule is N#CC1[CH]ON=C1. The van der Waals surface area contributed by atoms with Gasteiger partial charge >= 0.3 is 0 Å². The highest BCUT2D eigenvalue weighted by Gasteiger charge is 2.09. The Morgan fingerprint density at radius 3 is 3.00 bits per heavy atom. The molecule has 0 amide bonds. The number of rotatable bonds is 0. The van der Waals surface area contributed by atoms with E-state index in [1.807, 2.05) is 6.07 Å². The highest BCUT2D eigenvalue weighted by Crippen LogP contribution is 2.04. The molecular formula is C4H3N2O. The van der Waals surface area contributed by atoms with E-state index in [0.29, 0.717) is 0 Å². The van der Waals surface area contributed by atoms with Gasteiger partial charge in [-0.2, -0.15) is 5.26 Å². The Bertz CT molecular complexity index is 124. The quantitative estimate of drug-likeness (QED) is 0.434. The van der Waals surface area contributed by atoms with Crippen molar-refractivity contribution in [3.63, 3.8) is 0 Å². The largest absolute Gasteiger partial charge is 0.387 e. The third-order valence-corrected chi connectivity index (χ3v) is 0.639. The van der Waals surface area contributed by atoms with E-state index in [1.54, 1.807) is 0 Å². The van der Waals surface area contributed by atoms with Crippen LogP contribution < -0.4 is 0 Å². The van der Waals surface area contributed by atoms with Gasteiger partial charge in [-0.1, -0.05) is 5.16 Å². The Balaban J connectivity index is 2.47. The van der Waals surface area contributed by atoms with Gasteiger partial charge in [-0.3, -0.25) is 0 Å². The summed E-state index contributed by atoms with van der Waals surface area (Å²) in [5.41, 5.74) is 0. The highest BCUT2D eigenvalue weighted by atomic mass is 16.6. The number of oxime groups is 1. The summed E-state index contributed by atoms with van der Waals surface area (Å²) in [5, 5.41) is 11.4. The zero-order chi connectivity index (χ0) is 5.11. The van der Waals surface area contributed by atoms with Crippen LogP contribution in [0.1, 0.15) is 0 Å². The van der Waals surface area contributed by atoms with Crippen LogP contribution in [-0.4, -0.2) is 6.21 Å². The summed E-state index contributed by atoms with van der Waals surface area (Å²) in [6, 6.07) is 1.93. The van der Waals surface area contributed by atoms with Crippen molar-refractivity contribution in [2.75, 3.05) is 0 Å². The zero-order valence-electron chi connectivity index (χ0n) is 3.53. The third-order valence-electron chi connectivity index (χ3n) is 0.639. The van der Waals surface area contributed by atoms with Gasteiger partial charge in [0.05, 0.1) is 12.3 Å². The van der Waals surface area contributed by atoms with Crippen LogP contribution in [0.3, 0.4) is 0 Å². The lowest BCUT2D eigenvalue weighted by atomic mass is 10.2. The van der Waals surface area contributed by atoms with E-state index in [-0.39, 0.29) is 5.92 Å². The maximum absolute atomic E-state index is 8.11. The van der Waals surface area contributed by atoms with E-state index in [1.165, 1.54) is 12.8 Å². The first kappa shape index (κ1) is 4.13. The number of hydrogen-bond acceptors (Lipinski definition) is 3. The number of nitriles is 1. The molecule has 1 atom stereocenters. The lowest BCUT2D eigenvalue weighted by Crippen LogP contribution is -1.90. The second-order valence-corrected chi connectivity index (χ2v) is 1.15. The fraction of sp³-hybridized carbons (Fsp3) is 0.250. The van der Waals surface area contributed by atoms with Crippen LogP contribution in [-0.2, 0) is 4.84 Å². The normalized spacial score (nSPS) is 26.4. The van der Waals surface area contributed by atoms with E-state index < -0.39 is 0 Å². The van der Waals surface area contributed by atoms with Gasteiger partial charge in [0.25, 0.3) is 0 Å². The molecule has 0 aromatic rings. The molecule has 0 aromatic heterocycles. The topological polar surface area (TPSA) is 45.4 Å². The average molecular weight is 95.1 g/mol. The first-order valence-electron chi connectivity index (χ1n) is 1.86. The lowest BCUT2D eigenvalue weighted by molar-refractivity contribution is 0.227. The van der Waals surface area contributed by atoms with Crippen molar-refractivity contribution in [3.8, 4) is 6.07 Å². The minimum Gasteiger partial charge on any atom is -0.387 e. The lowest BCUT2D eigenvalue weighted by Gasteiger charge is -1.82. The van der Waals surface area contributed by atoms with E-state index in [9.17, 15) is 0 Å². The Kier molecular flexibility index (Phi) is 0.947. The third kappa shape index (κ3) is 0.686. The Labute approximate surface area is 41.2 Å². The van der Waals surface area contributed by atoms with Crippen molar-refractivity contribution in [2.24, 2.45) is 11.1 Å². The molecule has 3 nitrogen and oxygen atoms in total. The van der Waals surface area contributed by atoms with E-state index in [2.05, 4.69) is 9.99 Å². The van der Waals surface area contributed by atoms with Crippen molar-refractivity contribution in [3.05, 3.63) is 6.61 Å². The predicted molar refractivity (Wildman–Crippen MR) is 23.0 cm³/mol. The molecule has 1 aliphatic rings. The smallest absolute Gasteiger partial charge is 0.189 e. The number of hydrogen-bond donors (Lipinski definition) is 0. The molecule has 0 bridgehead atoms. The van der Waals surface area contributed by atoms with Crippen LogP contribution in [0.15, 0.2) is 5.16 Å². The van der Waals surface area contributed by atoms with Crippen LogP contribution in [0, 0.1) is 23.9 Å². The molecule has 0 spiro atoms. The van der Waals surface area contributed by atoms with Crippen molar-refractivity contribution in [1.82, 2.24) is 0 Å². The van der Waals surface area contributed by atoms with Crippen molar-refractivity contribution >= 4 is 6.21 Å². The fourth-order valence-electron chi connectivity index (χ4n) is 0.300. The van der Waals surface area contributed by atoms with Crippen LogP contribution in [0.2, 0.25) is 0 Å². The van der Waals surface area contributed by atoms with Gasteiger partial charge in [-0.05, 0) is 0 Å². The van der Waals surface area contributed by atoms with Gasteiger partial charge in [-0.15, -0.1) is 0 Å². The molecule has 1 heterocycles. The maximum atomic E-state index is 8.11. The molecule has 1 unspecified atom stereocenters. The van der Waals surface area contributed by atoms with Gasteiger partial charge in [0.15, 0.2) is 6.61 Å². The molecule has 0 aromatic carbocycles. The van der Waals surface area contributed by atoms with Crippen LogP contribution in [0.5, 0.6) is 0 Å². The fourth-order valence-corrected chi connectivity index (χ4v) is 0.300. The molecule has 0 saturated carbocycles. The summed E-state index contributed by atoms with van der Waals surface area (Å²) in [6.07, 6.45) is 1.44. The first-order chi connectivity index (χ1) is 3.43. The molecule has 0 aliphatic carbocycles. The summed E-state index contributed by atoms with van der Waals surface area (Å²) in [6.45, 7) is 1.38. The Hall–Kier alpha value is -1.04. The molecular weight excluding hydrogens is 92.1 g/mol. The second kappa shape index (κ2) is 1.61. The molecule has 0 N–H and O–H groups in total. The minimum atomic E-state index is -0.236. The van der Waals surface area contributed by atoms with Crippen molar-refractivity contribution < 1.29 is 4.84 Å². The average Bonchev–Trinajstić information content (AvgIpc) is 2.14. The van der Waals surface area contributed by atoms with E-state index >= 15 is 0 Å². The summed E-state index contributed by atoms with van der Waals surface area (Å²) in [4.78, 5) is 4.37.